The lowest BCUT2D eigenvalue weighted by Crippen LogP contribution is -2.50. The van der Waals surface area contributed by atoms with Gasteiger partial charge in [0.25, 0.3) is 0 Å². The molecule has 0 aromatic rings. The molecule has 0 amide bonds. The van der Waals surface area contributed by atoms with Crippen LogP contribution in [0.2, 0.25) is 0 Å². The highest BCUT2D eigenvalue weighted by atomic mass is 32.2. The molecular formula is C21H34OS. The molecule has 0 saturated heterocycles. The Morgan fingerprint density at radius 2 is 1.96 bits per heavy atom. The Morgan fingerprint density at radius 1 is 1.17 bits per heavy atom. The number of rotatable bonds is 4. The maximum Gasteiger partial charge on any atom is 0.142 e. The van der Waals surface area contributed by atoms with Gasteiger partial charge in [-0.15, -0.1) is 0 Å². The Kier molecular flexibility index (Phi) is 5.03. The molecule has 0 aromatic carbocycles. The SMILES string of the molecule is CCCC1(C)/C(=C\C=O)CCC2C1CCC1(C)C(SC)CCC21. The van der Waals surface area contributed by atoms with Crippen molar-refractivity contribution in [2.24, 2.45) is 28.6 Å². The summed E-state index contributed by atoms with van der Waals surface area (Å²) in [6, 6.07) is 0. The second kappa shape index (κ2) is 6.58. The number of carbonyl (C=O) groups is 1. The van der Waals surface area contributed by atoms with Gasteiger partial charge in [0.1, 0.15) is 6.29 Å². The van der Waals surface area contributed by atoms with Crippen molar-refractivity contribution in [1.82, 2.24) is 0 Å². The van der Waals surface area contributed by atoms with Gasteiger partial charge < -0.3 is 0 Å². The van der Waals surface area contributed by atoms with Crippen LogP contribution in [0, 0.1) is 28.6 Å². The fourth-order valence-electron chi connectivity index (χ4n) is 6.89. The maximum atomic E-state index is 11.2. The van der Waals surface area contributed by atoms with Crippen LogP contribution in [0.5, 0.6) is 0 Å². The van der Waals surface area contributed by atoms with Gasteiger partial charge in [-0.2, -0.15) is 11.8 Å². The van der Waals surface area contributed by atoms with Gasteiger partial charge in [0.05, 0.1) is 0 Å². The first-order chi connectivity index (χ1) is 11.0. The van der Waals surface area contributed by atoms with Crippen molar-refractivity contribution in [1.29, 1.82) is 0 Å². The van der Waals surface area contributed by atoms with E-state index in [1.165, 1.54) is 50.5 Å². The number of hydrogen-bond acceptors (Lipinski definition) is 2. The van der Waals surface area contributed by atoms with Crippen molar-refractivity contribution in [3.8, 4) is 0 Å². The Bertz CT molecular complexity index is 484. The second-order valence-electron chi connectivity index (χ2n) is 8.76. The summed E-state index contributed by atoms with van der Waals surface area (Å²) in [7, 11) is 0. The summed E-state index contributed by atoms with van der Waals surface area (Å²) in [5.41, 5.74) is 2.30. The van der Waals surface area contributed by atoms with E-state index in [0.717, 1.165) is 35.7 Å². The van der Waals surface area contributed by atoms with E-state index >= 15 is 0 Å². The molecule has 0 aromatic heterocycles. The molecule has 3 saturated carbocycles. The van der Waals surface area contributed by atoms with Gasteiger partial charge in [-0.05, 0) is 85.9 Å². The lowest BCUT2D eigenvalue weighted by molar-refractivity contribution is -0.104. The molecule has 0 N–H and O–H groups in total. The summed E-state index contributed by atoms with van der Waals surface area (Å²) in [5.74, 6) is 2.62. The number of carbonyl (C=O) groups excluding carboxylic acids is 1. The van der Waals surface area contributed by atoms with Crippen LogP contribution in [0.4, 0.5) is 0 Å². The Morgan fingerprint density at radius 3 is 2.61 bits per heavy atom. The standard InChI is InChI=1S/C21H34OS/c1-5-12-20(2)15(11-14-22)6-7-16-17-8-9-19(23-4)21(17,3)13-10-18(16)20/h11,14,16-19H,5-10,12-13H2,1-4H3/b15-11-. The molecule has 2 heteroatoms. The average Bonchev–Trinajstić information content (AvgIpc) is 2.87. The minimum Gasteiger partial charge on any atom is -0.299 e. The van der Waals surface area contributed by atoms with Crippen LogP contribution in [0.25, 0.3) is 0 Å². The van der Waals surface area contributed by atoms with Crippen LogP contribution in [0.15, 0.2) is 11.6 Å². The average molecular weight is 335 g/mol. The highest BCUT2D eigenvalue weighted by Gasteiger charge is 2.58. The molecule has 3 aliphatic rings. The summed E-state index contributed by atoms with van der Waals surface area (Å²) < 4.78 is 0. The van der Waals surface area contributed by atoms with E-state index < -0.39 is 0 Å². The zero-order valence-corrected chi connectivity index (χ0v) is 16.3. The van der Waals surface area contributed by atoms with E-state index in [9.17, 15) is 4.79 Å². The van der Waals surface area contributed by atoms with Gasteiger partial charge in [0.15, 0.2) is 0 Å². The summed E-state index contributed by atoms with van der Waals surface area (Å²) in [4.78, 5) is 11.2. The highest BCUT2D eigenvalue weighted by molar-refractivity contribution is 7.99. The van der Waals surface area contributed by atoms with Crippen molar-refractivity contribution in [3.63, 3.8) is 0 Å². The Balaban J connectivity index is 1.92. The van der Waals surface area contributed by atoms with Crippen molar-refractivity contribution in [2.75, 3.05) is 6.26 Å². The zero-order chi connectivity index (χ0) is 16.7. The van der Waals surface area contributed by atoms with Crippen LogP contribution in [0.1, 0.15) is 72.1 Å². The van der Waals surface area contributed by atoms with E-state index in [1.807, 2.05) is 6.08 Å². The summed E-state index contributed by atoms with van der Waals surface area (Å²) >= 11 is 2.12. The van der Waals surface area contributed by atoms with Gasteiger partial charge in [0, 0.05) is 5.25 Å². The van der Waals surface area contributed by atoms with Crippen molar-refractivity contribution < 1.29 is 4.79 Å². The number of fused-ring (bicyclic) bond motifs is 3. The minimum atomic E-state index is 0.275. The van der Waals surface area contributed by atoms with Crippen molar-refractivity contribution >= 4 is 18.0 Å². The fourth-order valence-corrected chi connectivity index (χ4v) is 8.09. The molecule has 0 heterocycles. The predicted octanol–water partition coefficient (Wildman–Crippen LogP) is 5.89. The van der Waals surface area contributed by atoms with Gasteiger partial charge in [0.2, 0.25) is 0 Å². The van der Waals surface area contributed by atoms with Crippen LogP contribution >= 0.6 is 11.8 Å². The molecule has 0 radical (unpaired) electrons. The third kappa shape index (κ3) is 2.64. The number of hydrogen-bond donors (Lipinski definition) is 0. The summed E-state index contributed by atoms with van der Waals surface area (Å²) in [5, 5.41) is 0.873. The van der Waals surface area contributed by atoms with Gasteiger partial charge in [-0.25, -0.2) is 0 Å². The minimum absolute atomic E-state index is 0.275. The molecule has 1 nitrogen and oxygen atoms in total. The van der Waals surface area contributed by atoms with E-state index in [1.54, 1.807) is 0 Å². The van der Waals surface area contributed by atoms with E-state index in [-0.39, 0.29) is 5.41 Å². The van der Waals surface area contributed by atoms with E-state index in [4.69, 9.17) is 0 Å². The highest BCUT2D eigenvalue weighted by Crippen LogP contribution is 2.66. The van der Waals surface area contributed by atoms with Gasteiger partial charge >= 0.3 is 0 Å². The molecule has 0 bridgehead atoms. The van der Waals surface area contributed by atoms with E-state index in [0.29, 0.717) is 5.41 Å². The molecule has 23 heavy (non-hydrogen) atoms. The third-order valence-corrected chi connectivity index (χ3v) is 9.32. The molecule has 6 atom stereocenters. The fraction of sp³-hybridized carbons (Fsp3) is 0.857. The first-order valence-corrected chi connectivity index (χ1v) is 11.0. The molecule has 0 spiro atoms. The zero-order valence-electron chi connectivity index (χ0n) is 15.4. The lowest BCUT2D eigenvalue weighted by atomic mass is 9.48. The van der Waals surface area contributed by atoms with Crippen molar-refractivity contribution in [2.45, 2.75) is 77.4 Å². The van der Waals surface area contributed by atoms with Crippen LogP contribution < -0.4 is 0 Å². The quantitative estimate of drug-likeness (QED) is 0.471. The van der Waals surface area contributed by atoms with Crippen molar-refractivity contribution in [3.05, 3.63) is 11.6 Å². The smallest absolute Gasteiger partial charge is 0.142 e. The summed E-state index contributed by atoms with van der Waals surface area (Å²) in [6.45, 7) is 7.38. The topological polar surface area (TPSA) is 17.1 Å². The second-order valence-corrected chi connectivity index (χ2v) is 9.80. The Hall–Kier alpha value is -0.240. The normalized spacial score (nSPS) is 48.1. The molecular weight excluding hydrogens is 300 g/mol. The molecule has 3 rings (SSSR count). The molecule has 130 valence electrons. The van der Waals surface area contributed by atoms with Crippen LogP contribution in [-0.4, -0.2) is 17.8 Å². The maximum absolute atomic E-state index is 11.2. The third-order valence-electron chi connectivity index (χ3n) is 7.97. The monoisotopic (exact) mass is 334 g/mol. The predicted molar refractivity (Wildman–Crippen MR) is 101 cm³/mol. The first kappa shape index (κ1) is 17.6. The first-order valence-electron chi connectivity index (χ1n) is 9.69. The van der Waals surface area contributed by atoms with E-state index in [2.05, 4.69) is 38.8 Å². The molecule has 3 fully saturated rings. The Labute approximate surface area is 147 Å². The molecule has 0 aliphatic heterocycles. The number of thioether (sulfide) groups is 1. The largest absolute Gasteiger partial charge is 0.299 e. The van der Waals surface area contributed by atoms with Gasteiger partial charge in [-0.3, -0.25) is 4.79 Å². The van der Waals surface area contributed by atoms with Gasteiger partial charge in [-0.1, -0.05) is 32.8 Å². The number of aldehydes is 1. The summed E-state index contributed by atoms with van der Waals surface area (Å²) in [6.07, 6.45) is 15.9. The van der Waals surface area contributed by atoms with Crippen LogP contribution in [-0.2, 0) is 4.79 Å². The number of allylic oxidation sites excluding steroid dienone is 2. The molecule has 6 unspecified atom stereocenters. The lowest BCUT2D eigenvalue weighted by Gasteiger charge is -2.57. The molecule has 3 aliphatic carbocycles. The van der Waals surface area contributed by atoms with Crippen LogP contribution in [0.3, 0.4) is 0 Å².